The molecule has 27 heavy (non-hydrogen) atoms. The highest BCUT2D eigenvalue weighted by Crippen LogP contribution is 2.21. The molecule has 0 atom stereocenters. The van der Waals surface area contributed by atoms with Gasteiger partial charge in [-0.15, -0.1) is 0 Å². The fourth-order valence-corrected chi connectivity index (χ4v) is 2.73. The van der Waals surface area contributed by atoms with Crippen molar-refractivity contribution in [1.82, 2.24) is 29.4 Å². The molecule has 0 unspecified atom stereocenters. The molecule has 0 saturated heterocycles. The third-order valence-corrected chi connectivity index (χ3v) is 4.18. The lowest BCUT2D eigenvalue weighted by Crippen LogP contribution is -2.07. The van der Waals surface area contributed by atoms with Gasteiger partial charge in [0.15, 0.2) is 11.6 Å². The van der Waals surface area contributed by atoms with Crippen molar-refractivity contribution in [2.75, 3.05) is 24.8 Å². The van der Waals surface area contributed by atoms with E-state index in [9.17, 15) is 0 Å². The van der Waals surface area contributed by atoms with E-state index in [4.69, 9.17) is 10.5 Å². The normalized spacial score (nSPS) is 11.1. The molecule has 0 amide bonds. The van der Waals surface area contributed by atoms with Gasteiger partial charge in [0.05, 0.1) is 36.8 Å². The second-order valence-electron chi connectivity index (χ2n) is 6.06. The maximum atomic E-state index is 5.99. The molecule has 0 fully saturated rings. The quantitative estimate of drug-likeness (QED) is 0.515. The minimum Gasteiger partial charge on any atom is -0.383 e. The second-order valence-corrected chi connectivity index (χ2v) is 6.06. The average Bonchev–Trinajstić information content (AvgIpc) is 3.34. The van der Waals surface area contributed by atoms with Gasteiger partial charge < -0.3 is 15.8 Å². The minimum absolute atomic E-state index is 0.357. The minimum atomic E-state index is 0.357. The Bertz CT molecular complexity index is 1050. The van der Waals surface area contributed by atoms with Crippen molar-refractivity contribution in [3.63, 3.8) is 0 Å². The molecule has 4 aromatic heterocycles. The lowest BCUT2D eigenvalue weighted by atomic mass is 10.2. The van der Waals surface area contributed by atoms with Crippen LogP contribution in [0.3, 0.4) is 0 Å². The van der Waals surface area contributed by atoms with E-state index >= 15 is 0 Å². The number of hydrogen-bond acceptors (Lipinski definition) is 7. The first-order valence-electron chi connectivity index (χ1n) is 8.53. The van der Waals surface area contributed by atoms with Gasteiger partial charge in [-0.2, -0.15) is 10.2 Å². The first kappa shape index (κ1) is 17.0. The van der Waals surface area contributed by atoms with Crippen molar-refractivity contribution in [3.05, 3.63) is 54.7 Å². The van der Waals surface area contributed by atoms with E-state index in [0.717, 1.165) is 16.6 Å². The zero-order chi connectivity index (χ0) is 18.6. The van der Waals surface area contributed by atoms with Crippen LogP contribution < -0.4 is 11.1 Å². The molecule has 0 spiro atoms. The summed E-state index contributed by atoms with van der Waals surface area (Å²) in [5.41, 5.74) is 9.71. The number of aromatic nitrogens is 6. The Kier molecular flexibility index (Phi) is 4.67. The molecule has 0 aliphatic rings. The van der Waals surface area contributed by atoms with Crippen molar-refractivity contribution in [3.8, 4) is 11.3 Å². The molecule has 0 aromatic carbocycles. The van der Waals surface area contributed by atoms with E-state index in [1.807, 2.05) is 33.7 Å². The number of nitrogens with zero attached hydrogens (tertiary/aromatic N) is 6. The Labute approximate surface area is 155 Å². The molecule has 4 aromatic rings. The number of hydrogen-bond donors (Lipinski definition) is 2. The standard InChI is InChI=1S/C18H20N8O/c1-27-7-6-25-12-14(10-23-25)16-11-20-17(19)18(24-16)21-9-13-3-5-26-15(8-13)2-4-22-26/h2-5,8,10-12H,6-7,9H2,1H3,(H2,19,20)(H,21,24). The first-order chi connectivity index (χ1) is 13.2. The predicted molar refractivity (Wildman–Crippen MR) is 102 cm³/mol. The van der Waals surface area contributed by atoms with Gasteiger partial charge in [0.2, 0.25) is 0 Å². The first-order valence-corrected chi connectivity index (χ1v) is 8.53. The van der Waals surface area contributed by atoms with Crippen molar-refractivity contribution in [2.24, 2.45) is 0 Å². The van der Waals surface area contributed by atoms with E-state index in [1.54, 1.807) is 25.7 Å². The van der Waals surface area contributed by atoms with E-state index < -0.39 is 0 Å². The van der Waals surface area contributed by atoms with Crippen LogP contribution in [0.25, 0.3) is 16.8 Å². The smallest absolute Gasteiger partial charge is 0.169 e. The molecule has 138 valence electrons. The van der Waals surface area contributed by atoms with Crippen LogP contribution in [0, 0.1) is 0 Å². The maximum Gasteiger partial charge on any atom is 0.169 e. The van der Waals surface area contributed by atoms with Gasteiger partial charge in [-0.25, -0.2) is 14.5 Å². The van der Waals surface area contributed by atoms with E-state index in [0.29, 0.717) is 37.0 Å². The summed E-state index contributed by atoms with van der Waals surface area (Å²) in [6.07, 6.45) is 9.01. The summed E-state index contributed by atoms with van der Waals surface area (Å²) in [6, 6.07) is 6.02. The van der Waals surface area contributed by atoms with Gasteiger partial charge in [0, 0.05) is 37.8 Å². The van der Waals surface area contributed by atoms with E-state index in [1.165, 1.54) is 0 Å². The monoisotopic (exact) mass is 364 g/mol. The van der Waals surface area contributed by atoms with Crippen molar-refractivity contribution < 1.29 is 4.74 Å². The molecule has 0 saturated carbocycles. The predicted octanol–water partition coefficient (Wildman–Crippen LogP) is 1.83. The molecule has 4 rings (SSSR count). The zero-order valence-electron chi connectivity index (χ0n) is 14.9. The summed E-state index contributed by atoms with van der Waals surface area (Å²) in [7, 11) is 1.67. The highest BCUT2D eigenvalue weighted by Gasteiger charge is 2.09. The van der Waals surface area contributed by atoms with Crippen LogP contribution in [-0.2, 0) is 17.8 Å². The highest BCUT2D eigenvalue weighted by atomic mass is 16.5. The van der Waals surface area contributed by atoms with Crippen molar-refractivity contribution in [2.45, 2.75) is 13.1 Å². The lowest BCUT2D eigenvalue weighted by molar-refractivity contribution is 0.183. The van der Waals surface area contributed by atoms with Crippen molar-refractivity contribution in [1.29, 1.82) is 0 Å². The summed E-state index contributed by atoms with van der Waals surface area (Å²) >= 11 is 0. The summed E-state index contributed by atoms with van der Waals surface area (Å²) in [5.74, 6) is 0.904. The van der Waals surface area contributed by atoms with E-state index in [2.05, 4.69) is 31.5 Å². The van der Waals surface area contributed by atoms with Crippen LogP contribution in [0.2, 0.25) is 0 Å². The number of pyridine rings is 1. The molecule has 4 heterocycles. The van der Waals surface area contributed by atoms with Crippen LogP contribution in [0.1, 0.15) is 5.56 Å². The molecule has 0 radical (unpaired) electrons. The number of nitrogens with one attached hydrogen (secondary N) is 1. The number of fused-ring (bicyclic) bond motifs is 1. The third kappa shape index (κ3) is 3.72. The summed E-state index contributed by atoms with van der Waals surface area (Å²) in [4.78, 5) is 8.86. The highest BCUT2D eigenvalue weighted by molar-refractivity contribution is 5.64. The van der Waals surface area contributed by atoms with Crippen LogP contribution in [-0.4, -0.2) is 43.1 Å². The van der Waals surface area contributed by atoms with Crippen LogP contribution in [0.5, 0.6) is 0 Å². The largest absolute Gasteiger partial charge is 0.383 e. The van der Waals surface area contributed by atoms with Crippen LogP contribution >= 0.6 is 0 Å². The summed E-state index contributed by atoms with van der Waals surface area (Å²) in [5, 5.41) is 11.8. The number of ether oxygens (including phenoxy) is 1. The average molecular weight is 364 g/mol. The Morgan fingerprint density at radius 2 is 2.15 bits per heavy atom. The second kappa shape index (κ2) is 7.42. The van der Waals surface area contributed by atoms with Crippen LogP contribution in [0.15, 0.2) is 49.2 Å². The number of nitrogens with two attached hydrogens (primary N) is 1. The van der Waals surface area contributed by atoms with Crippen molar-refractivity contribution >= 4 is 17.2 Å². The van der Waals surface area contributed by atoms with Gasteiger partial charge >= 0.3 is 0 Å². The van der Waals surface area contributed by atoms with Crippen LogP contribution in [0.4, 0.5) is 11.6 Å². The molecular weight excluding hydrogens is 344 g/mol. The molecule has 9 heteroatoms. The summed E-state index contributed by atoms with van der Waals surface area (Å²) < 4.78 is 8.70. The zero-order valence-corrected chi connectivity index (χ0v) is 14.9. The molecule has 0 aliphatic carbocycles. The molecule has 9 nitrogen and oxygen atoms in total. The molecule has 0 bridgehead atoms. The molecule has 3 N–H and O–H groups in total. The van der Waals surface area contributed by atoms with Gasteiger partial charge in [0.25, 0.3) is 0 Å². The Balaban J connectivity index is 1.50. The van der Waals surface area contributed by atoms with E-state index in [-0.39, 0.29) is 0 Å². The fourth-order valence-electron chi connectivity index (χ4n) is 2.73. The number of rotatable bonds is 7. The van der Waals surface area contributed by atoms with Gasteiger partial charge in [-0.05, 0) is 23.8 Å². The maximum absolute atomic E-state index is 5.99. The SMILES string of the molecule is COCCn1cc(-c2cnc(N)c(NCc3ccn4nccc4c3)n2)cn1. The topological polar surface area (TPSA) is 108 Å². The third-order valence-electron chi connectivity index (χ3n) is 4.18. The Morgan fingerprint density at radius 1 is 1.22 bits per heavy atom. The number of methoxy groups -OCH3 is 1. The summed E-state index contributed by atoms with van der Waals surface area (Å²) in [6.45, 7) is 1.86. The molecular formula is C18H20N8O. The number of nitrogen functional groups attached to an aromatic ring is 1. The van der Waals surface area contributed by atoms with Gasteiger partial charge in [-0.1, -0.05) is 0 Å². The van der Waals surface area contributed by atoms with Gasteiger partial charge in [-0.3, -0.25) is 4.68 Å². The Morgan fingerprint density at radius 3 is 3.04 bits per heavy atom. The fraction of sp³-hybridized carbons (Fsp3) is 0.222. The molecule has 0 aliphatic heterocycles. The lowest BCUT2D eigenvalue weighted by Gasteiger charge is -2.09. The Hall–Kier alpha value is -3.46. The number of anilines is 2. The van der Waals surface area contributed by atoms with Gasteiger partial charge in [0.1, 0.15) is 0 Å².